The minimum absolute atomic E-state index is 0.0792. The molecular formula is C24H32N2O3. The molecule has 29 heavy (non-hydrogen) atoms. The number of hydrogen-bond donors (Lipinski definition) is 1. The van der Waals surface area contributed by atoms with E-state index in [1.54, 1.807) is 0 Å². The van der Waals surface area contributed by atoms with Crippen LogP contribution in [0.15, 0.2) is 30.3 Å². The smallest absolute Gasteiger partial charge is 0.308 e. The van der Waals surface area contributed by atoms with Gasteiger partial charge in [-0.15, -0.1) is 0 Å². The Labute approximate surface area is 173 Å². The van der Waals surface area contributed by atoms with Crippen LogP contribution in [-0.4, -0.2) is 23.5 Å². The van der Waals surface area contributed by atoms with E-state index in [4.69, 9.17) is 4.74 Å². The Morgan fingerprint density at radius 2 is 1.62 bits per heavy atom. The average Bonchev–Trinajstić information content (AvgIpc) is 2.78. The van der Waals surface area contributed by atoms with E-state index in [2.05, 4.69) is 11.4 Å². The van der Waals surface area contributed by atoms with Crippen molar-refractivity contribution < 1.29 is 14.3 Å². The molecule has 0 aromatic heterocycles. The lowest BCUT2D eigenvalue weighted by Crippen LogP contribution is -2.56. The second-order valence-electron chi connectivity index (χ2n) is 8.45. The summed E-state index contributed by atoms with van der Waals surface area (Å²) in [5.41, 5.74) is -0.664. The van der Waals surface area contributed by atoms with Gasteiger partial charge in [-0.25, -0.2) is 0 Å². The van der Waals surface area contributed by atoms with Crippen LogP contribution in [0.1, 0.15) is 76.2 Å². The van der Waals surface area contributed by atoms with Crippen molar-refractivity contribution in [3.63, 3.8) is 0 Å². The standard InChI is InChI=1S/C24H32N2O3/c25-18-24(20-12-6-2-7-13-20,23(28)26-21-14-8-3-9-15-21)29-22(27)17-16-19-10-4-1-5-11-19/h1,4-5,10-11,20-21H,2-3,6-9,12-17H2,(H,26,28). The van der Waals surface area contributed by atoms with Crippen molar-refractivity contribution in [1.82, 2.24) is 5.32 Å². The number of nitrogens with zero attached hydrogens (tertiary/aromatic N) is 1. The summed E-state index contributed by atoms with van der Waals surface area (Å²) in [6.45, 7) is 0. The Morgan fingerprint density at radius 1 is 1.00 bits per heavy atom. The van der Waals surface area contributed by atoms with Gasteiger partial charge in [0.2, 0.25) is 0 Å². The number of amides is 1. The maximum absolute atomic E-state index is 13.3. The van der Waals surface area contributed by atoms with Crippen molar-refractivity contribution in [2.75, 3.05) is 0 Å². The van der Waals surface area contributed by atoms with Gasteiger partial charge in [-0.2, -0.15) is 5.26 Å². The molecule has 1 aromatic carbocycles. The van der Waals surface area contributed by atoms with Crippen LogP contribution in [0, 0.1) is 17.2 Å². The fourth-order valence-corrected chi connectivity index (χ4v) is 4.65. The molecular weight excluding hydrogens is 364 g/mol. The highest BCUT2D eigenvalue weighted by Crippen LogP contribution is 2.36. The van der Waals surface area contributed by atoms with Gasteiger partial charge in [0, 0.05) is 18.4 Å². The molecule has 1 unspecified atom stereocenters. The molecule has 156 valence electrons. The molecule has 0 bridgehead atoms. The molecule has 0 saturated heterocycles. The number of rotatable bonds is 7. The molecule has 5 heteroatoms. The van der Waals surface area contributed by atoms with E-state index in [9.17, 15) is 14.9 Å². The van der Waals surface area contributed by atoms with Crippen LogP contribution in [-0.2, 0) is 20.7 Å². The summed E-state index contributed by atoms with van der Waals surface area (Å²) in [7, 11) is 0. The Kier molecular flexibility index (Phi) is 7.69. The summed E-state index contributed by atoms with van der Waals surface area (Å²) in [5, 5.41) is 13.1. The number of carbonyl (C=O) groups is 2. The number of hydrogen-bond acceptors (Lipinski definition) is 4. The van der Waals surface area contributed by atoms with Gasteiger partial charge < -0.3 is 10.1 Å². The van der Waals surface area contributed by atoms with E-state index in [1.807, 2.05) is 30.3 Å². The number of carbonyl (C=O) groups excluding carboxylic acids is 2. The third kappa shape index (κ3) is 5.59. The molecule has 2 aliphatic carbocycles. The Hall–Kier alpha value is -2.35. The van der Waals surface area contributed by atoms with E-state index in [0.29, 0.717) is 6.42 Å². The fourth-order valence-electron chi connectivity index (χ4n) is 4.65. The minimum atomic E-state index is -1.70. The molecule has 1 amide bonds. The number of benzene rings is 1. The maximum atomic E-state index is 13.3. The van der Waals surface area contributed by atoms with Crippen LogP contribution in [0.3, 0.4) is 0 Å². The largest absolute Gasteiger partial charge is 0.434 e. The molecule has 2 saturated carbocycles. The highest BCUT2D eigenvalue weighted by atomic mass is 16.6. The molecule has 2 aliphatic rings. The molecule has 3 rings (SSSR count). The maximum Gasteiger partial charge on any atom is 0.308 e. The first kappa shape index (κ1) is 21.4. The van der Waals surface area contributed by atoms with Crippen LogP contribution >= 0.6 is 0 Å². The van der Waals surface area contributed by atoms with Gasteiger partial charge in [0.1, 0.15) is 6.07 Å². The van der Waals surface area contributed by atoms with Crippen LogP contribution in [0.4, 0.5) is 0 Å². The molecule has 5 nitrogen and oxygen atoms in total. The second kappa shape index (κ2) is 10.4. The summed E-state index contributed by atoms with van der Waals surface area (Å²) >= 11 is 0. The first-order chi connectivity index (χ1) is 14.1. The average molecular weight is 397 g/mol. The Bertz CT molecular complexity index is 715. The summed E-state index contributed by atoms with van der Waals surface area (Å²) in [4.78, 5) is 25.9. The molecule has 0 spiro atoms. The lowest BCUT2D eigenvalue weighted by atomic mass is 9.76. The zero-order valence-electron chi connectivity index (χ0n) is 17.2. The lowest BCUT2D eigenvalue weighted by Gasteiger charge is -2.37. The number of ether oxygens (including phenoxy) is 1. The van der Waals surface area contributed by atoms with E-state index in [0.717, 1.165) is 63.4 Å². The minimum Gasteiger partial charge on any atom is -0.434 e. The molecule has 1 aromatic rings. The highest BCUT2D eigenvalue weighted by Gasteiger charge is 2.50. The molecule has 1 atom stereocenters. The van der Waals surface area contributed by atoms with Gasteiger partial charge in [0.15, 0.2) is 0 Å². The molecule has 2 fully saturated rings. The van der Waals surface area contributed by atoms with Crippen molar-refractivity contribution in [2.45, 2.75) is 88.7 Å². The van der Waals surface area contributed by atoms with Crippen molar-refractivity contribution in [1.29, 1.82) is 5.26 Å². The third-order valence-electron chi connectivity index (χ3n) is 6.36. The number of nitrogens with one attached hydrogen (secondary N) is 1. The van der Waals surface area contributed by atoms with Crippen LogP contribution < -0.4 is 5.32 Å². The van der Waals surface area contributed by atoms with Crippen LogP contribution in [0.5, 0.6) is 0 Å². The lowest BCUT2D eigenvalue weighted by molar-refractivity contribution is -0.169. The zero-order valence-corrected chi connectivity index (χ0v) is 17.2. The predicted molar refractivity (Wildman–Crippen MR) is 111 cm³/mol. The van der Waals surface area contributed by atoms with Crippen molar-refractivity contribution in [3.05, 3.63) is 35.9 Å². The third-order valence-corrected chi connectivity index (χ3v) is 6.36. The van der Waals surface area contributed by atoms with Crippen LogP contribution in [0.2, 0.25) is 0 Å². The normalized spacial score (nSPS) is 20.2. The van der Waals surface area contributed by atoms with E-state index in [1.165, 1.54) is 6.42 Å². The first-order valence-corrected chi connectivity index (χ1v) is 11.1. The van der Waals surface area contributed by atoms with E-state index >= 15 is 0 Å². The van der Waals surface area contributed by atoms with Gasteiger partial charge in [0.05, 0.1) is 0 Å². The zero-order chi connectivity index (χ0) is 20.5. The van der Waals surface area contributed by atoms with Crippen molar-refractivity contribution >= 4 is 11.9 Å². The summed E-state index contributed by atoms with van der Waals surface area (Å²) in [5.74, 6) is -1.11. The molecule has 0 aliphatic heterocycles. The highest BCUT2D eigenvalue weighted by molar-refractivity contribution is 5.91. The van der Waals surface area contributed by atoms with Gasteiger partial charge in [-0.3, -0.25) is 9.59 Å². The van der Waals surface area contributed by atoms with Crippen molar-refractivity contribution in [3.8, 4) is 6.07 Å². The first-order valence-electron chi connectivity index (χ1n) is 11.1. The number of esters is 1. The SMILES string of the molecule is N#CC(OC(=O)CCc1ccccc1)(C(=O)NC1CCCCC1)C1CCCCC1. The van der Waals surface area contributed by atoms with Gasteiger partial charge in [0.25, 0.3) is 11.5 Å². The van der Waals surface area contributed by atoms with Gasteiger partial charge >= 0.3 is 5.97 Å². The van der Waals surface area contributed by atoms with E-state index in [-0.39, 0.29) is 18.4 Å². The molecule has 1 N–H and O–H groups in total. The van der Waals surface area contributed by atoms with Gasteiger partial charge in [-0.1, -0.05) is 68.9 Å². The van der Waals surface area contributed by atoms with Crippen LogP contribution in [0.25, 0.3) is 0 Å². The van der Waals surface area contributed by atoms with E-state index < -0.39 is 17.5 Å². The molecule has 0 radical (unpaired) electrons. The molecule has 0 heterocycles. The quantitative estimate of drug-likeness (QED) is 0.691. The second-order valence-corrected chi connectivity index (χ2v) is 8.45. The van der Waals surface area contributed by atoms with Crippen molar-refractivity contribution in [2.24, 2.45) is 5.92 Å². The Balaban J connectivity index is 1.71. The fraction of sp³-hybridized carbons (Fsp3) is 0.625. The summed E-state index contributed by atoms with van der Waals surface area (Å²) in [6, 6.07) is 11.9. The summed E-state index contributed by atoms with van der Waals surface area (Å²) in [6.07, 6.45) is 10.5. The number of aryl methyl sites for hydroxylation is 1. The number of nitriles is 1. The monoisotopic (exact) mass is 396 g/mol. The Morgan fingerprint density at radius 3 is 2.24 bits per heavy atom. The predicted octanol–water partition coefficient (Wildman–Crippen LogP) is 4.45. The summed E-state index contributed by atoms with van der Waals surface area (Å²) < 4.78 is 5.74. The topological polar surface area (TPSA) is 79.2 Å². The van der Waals surface area contributed by atoms with Gasteiger partial charge in [-0.05, 0) is 37.7 Å².